The summed E-state index contributed by atoms with van der Waals surface area (Å²) in [6.45, 7) is 1.94. The van der Waals surface area contributed by atoms with Crippen molar-refractivity contribution in [3.63, 3.8) is 0 Å². The summed E-state index contributed by atoms with van der Waals surface area (Å²) < 4.78 is 5.12. The van der Waals surface area contributed by atoms with E-state index < -0.39 is 0 Å². The highest BCUT2D eigenvalue weighted by atomic mass is 32.2. The second-order valence-electron chi connectivity index (χ2n) is 3.46. The van der Waals surface area contributed by atoms with E-state index in [1.807, 2.05) is 6.92 Å². The molecule has 1 aromatic rings. The molecular formula is C11H16N2O3S. The van der Waals surface area contributed by atoms with Gasteiger partial charge in [0.25, 0.3) is 0 Å². The summed E-state index contributed by atoms with van der Waals surface area (Å²) >= 11 is 1.44. The Balaban J connectivity index is 3.11. The lowest BCUT2D eigenvalue weighted by atomic mass is 10.2. The number of methoxy groups -OCH3 is 1. The van der Waals surface area contributed by atoms with Crippen molar-refractivity contribution in [2.45, 2.75) is 17.1 Å². The zero-order chi connectivity index (χ0) is 12.8. The number of nitrogens with zero attached hydrogens (tertiary/aromatic N) is 1. The van der Waals surface area contributed by atoms with Crippen LogP contribution in [0.3, 0.4) is 0 Å². The van der Waals surface area contributed by atoms with E-state index in [2.05, 4.69) is 5.16 Å². The minimum Gasteiger partial charge on any atom is -0.497 e. The molecule has 0 aromatic heterocycles. The van der Waals surface area contributed by atoms with Gasteiger partial charge in [-0.1, -0.05) is 12.1 Å². The largest absolute Gasteiger partial charge is 0.497 e. The lowest BCUT2D eigenvalue weighted by Crippen LogP contribution is -2.15. The average Bonchev–Trinajstić information content (AvgIpc) is 2.37. The zero-order valence-corrected chi connectivity index (χ0v) is 10.6. The number of aliphatic hydroxyl groups excluding tert-OH is 1. The van der Waals surface area contributed by atoms with Crippen LogP contribution in [0.2, 0.25) is 0 Å². The third kappa shape index (κ3) is 3.54. The fourth-order valence-corrected chi connectivity index (χ4v) is 2.24. The van der Waals surface area contributed by atoms with Gasteiger partial charge in [0.1, 0.15) is 5.75 Å². The Morgan fingerprint density at radius 3 is 2.82 bits per heavy atom. The van der Waals surface area contributed by atoms with Crippen LogP contribution in [0, 0.1) is 0 Å². The first-order valence-corrected chi connectivity index (χ1v) is 5.93. The van der Waals surface area contributed by atoms with Crippen molar-refractivity contribution < 1.29 is 15.1 Å². The molecule has 6 heteroatoms. The van der Waals surface area contributed by atoms with Crippen molar-refractivity contribution in [1.29, 1.82) is 0 Å². The van der Waals surface area contributed by atoms with Crippen molar-refractivity contribution in [3.05, 3.63) is 23.8 Å². The molecule has 4 N–H and O–H groups in total. The monoisotopic (exact) mass is 256 g/mol. The molecule has 1 aromatic carbocycles. The number of rotatable bonds is 5. The van der Waals surface area contributed by atoms with Crippen LogP contribution in [0.4, 0.5) is 0 Å². The van der Waals surface area contributed by atoms with Crippen LogP contribution in [-0.2, 0) is 0 Å². The summed E-state index contributed by atoms with van der Waals surface area (Å²) in [7, 11) is 1.57. The van der Waals surface area contributed by atoms with E-state index in [1.165, 1.54) is 11.8 Å². The molecule has 1 rings (SSSR count). The van der Waals surface area contributed by atoms with Gasteiger partial charge in [0.2, 0.25) is 0 Å². The van der Waals surface area contributed by atoms with Gasteiger partial charge in [-0.05, 0) is 18.2 Å². The van der Waals surface area contributed by atoms with Gasteiger partial charge < -0.3 is 20.8 Å². The highest BCUT2D eigenvalue weighted by molar-refractivity contribution is 8.00. The molecule has 0 aliphatic carbocycles. The molecule has 0 heterocycles. The molecule has 0 aliphatic heterocycles. The number of nitrogens with two attached hydrogens (primary N) is 1. The third-order valence-corrected chi connectivity index (χ3v) is 3.30. The number of oxime groups is 1. The minimum absolute atomic E-state index is 0.0207. The topological polar surface area (TPSA) is 88.1 Å². The highest BCUT2D eigenvalue weighted by Crippen LogP contribution is 2.30. The molecular weight excluding hydrogens is 240 g/mol. The number of amidine groups is 1. The Morgan fingerprint density at radius 1 is 1.59 bits per heavy atom. The van der Waals surface area contributed by atoms with Crippen molar-refractivity contribution in [2.24, 2.45) is 10.9 Å². The SMILES string of the molecule is COc1ccc(/C(N)=N/O)c(SC(C)CO)c1. The van der Waals surface area contributed by atoms with Gasteiger partial charge in [-0.2, -0.15) is 0 Å². The predicted octanol–water partition coefficient (Wildman–Crippen LogP) is 1.26. The Hall–Kier alpha value is -1.40. The van der Waals surface area contributed by atoms with Crippen LogP contribution >= 0.6 is 11.8 Å². The van der Waals surface area contributed by atoms with Crippen molar-refractivity contribution in [2.75, 3.05) is 13.7 Å². The molecule has 0 fully saturated rings. The molecule has 1 unspecified atom stereocenters. The van der Waals surface area contributed by atoms with Crippen LogP contribution in [0.25, 0.3) is 0 Å². The molecule has 0 saturated heterocycles. The Kier molecular flexibility index (Phi) is 5.11. The first-order valence-electron chi connectivity index (χ1n) is 5.05. The summed E-state index contributed by atoms with van der Waals surface area (Å²) in [6.07, 6.45) is 0. The van der Waals surface area contributed by atoms with Crippen LogP contribution in [0.1, 0.15) is 12.5 Å². The summed E-state index contributed by atoms with van der Waals surface area (Å²) in [5.74, 6) is 0.729. The number of hydrogen-bond acceptors (Lipinski definition) is 5. The fourth-order valence-electron chi connectivity index (χ4n) is 1.25. The van der Waals surface area contributed by atoms with Gasteiger partial charge >= 0.3 is 0 Å². The second kappa shape index (κ2) is 6.36. The molecule has 0 spiro atoms. The summed E-state index contributed by atoms with van der Waals surface area (Å²) in [5.41, 5.74) is 6.21. The smallest absolute Gasteiger partial charge is 0.171 e. The average molecular weight is 256 g/mol. The summed E-state index contributed by atoms with van der Waals surface area (Å²) in [4.78, 5) is 0.807. The minimum atomic E-state index is 0.0207. The molecule has 0 bridgehead atoms. The van der Waals surface area contributed by atoms with E-state index in [-0.39, 0.29) is 17.7 Å². The van der Waals surface area contributed by atoms with Crippen LogP contribution < -0.4 is 10.5 Å². The van der Waals surface area contributed by atoms with E-state index in [0.717, 1.165) is 4.90 Å². The Bertz CT molecular complexity index is 410. The number of benzene rings is 1. The standard InChI is InChI=1S/C11H16N2O3S/c1-7(6-14)17-10-5-8(16-2)3-4-9(10)11(12)13-15/h3-5,7,14-15H,6H2,1-2H3,(H2,12,13). The quantitative estimate of drug-likeness (QED) is 0.243. The highest BCUT2D eigenvalue weighted by Gasteiger charge is 2.12. The zero-order valence-electron chi connectivity index (χ0n) is 9.75. The van der Waals surface area contributed by atoms with Gasteiger partial charge in [0, 0.05) is 15.7 Å². The van der Waals surface area contributed by atoms with Gasteiger partial charge in [-0.15, -0.1) is 11.8 Å². The number of thioether (sulfide) groups is 1. The third-order valence-electron chi connectivity index (χ3n) is 2.16. The van der Waals surface area contributed by atoms with Crippen LogP contribution in [-0.4, -0.2) is 35.1 Å². The van der Waals surface area contributed by atoms with Gasteiger partial charge in [0.15, 0.2) is 5.84 Å². The second-order valence-corrected chi connectivity index (χ2v) is 4.94. The Morgan fingerprint density at radius 2 is 2.29 bits per heavy atom. The molecule has 5 nitrogen and oxygen atoms in total. The van der Waals surface area contributed by atoms with Gasteiger partial charge in [-0.25, -0.2) is 0 Å². The van der Waals surface area contributed by atoms with Gasteiger partial charge in [-0.3, -0.25) is 0 Å². The molecule has 0 amide bonds. The van der Waals surface area contributed by atoms with E-state index in [1.54, 1.807) is 25.3 Å². The van der Waals surface area contributed by atoms with E-state index in [9.17, 15) is 0 Å². The lowest BCUT2D eigenvalue weighted by molar-refractivity contribution is 0.300. The molecule has 0 saturated carbocycles. The summed E-state index contributed by atoms with van der Waals surface area (Å²) in [5, 5.41) is 20.8. The maximum Gasteiger partial charge on any atom is 0.171 e. The molecule has 94 valence electrons. The Labute approximate surface area is 104 Å². The number of hydrogen-bond donors (Lipinski definition) is 3. The fraction of sp³-hybridized carbons (Fsp3) is 0.364. The molecule has 0 radical (unpaired) electrons. The first-order chi connectivity index (χ1) is 8.12. The maximum atomic E-state index is 9.05. The normalized spacial score (nSPS) is 13.5. The molecule has 0 aliphatic rings. The van der Waals surface area contributed by atoms with Crippen LogP contribution in [0.5, 0.6) is 5.75 Å². The number of aliphatic hydroxyl groups is 1. The lowest BCUT2D eigenvalue weighted by Gasteiger charge is -2.13. The van der Waals surface area contributed by atoms with E-state index in [0.29, 0.717) is 11.3 Å². The molecule has 17 heavy (non-hydrogen) atoms. The predicted molar refractivity (Wildman–Crippen MR) is 67.9 cm³/mol. The van der Waals surface area contributed by atoms with E-state index >= 15 is 0 Å². The van der Waals surface area contributed by atoms with Crippen molar-refractivity contribution in [1.82, 2.24) is 0 Å². The first kappa shape index (κ1) is 13.7. The van der Waals surface area contributed by atoms with Crippen LogP contribution in [0.15, 0.2) is 28.3 Å². The summed E-state index contributed by atoms with van der Waals surface area (Å²) in [6, 6.07) is 5.26. The molecule has 1 atom stereocenters. The van der Waals surface area contributed by atoms with Crippen molar-refractivity contribution >= 4 is 17.6 Å². The van der Waals surface area contributed by atoms with E-state index in [4.69, 9.17) is 20.8 Å². The van der Waals surface area contributed by atoms with Gasteiger partial charge in [0.05, 0.1) is 13.7 Å². The maximum absolute atomic E-state index is 9.05. The van der Waals surface area contributed by atoms with Crippen molar-refractivity contribution in [3.8, 4) is 5.75 Å². The number of ether oxygens (including phenoxy) is 1.